The quantitative estimate of drug-likeness (QED) is 0.627. The Morgan fingerprint density at radius 2 is 2.07 bits per heavy atom. The van der Waals surface area contributed by atoms with Crippen LogP contribution in [0.4, 0.5) is 10.6 Å². The summed E-state index contributed by atoms with van der Waals surface area (Å²) in [6.07, 6.45) is 0. The van der Waals surface area contributed by atoms with Crippen molar-refractivity contribution in [1.82, 2.24) is 9.97 Å². The first-order valence-electron chi connectivity index (χ1n) is 4.22. The summed E-state index contributed by atoms with van der Waals surface area (Å²) in [7, 11) is 0. The second-order valence-corrected chi connectivity index (χ2v) is 2.95. The summed E-state index contributed by atoms with van der Waals surface area (Å²) in [6.45, 7) is 0. The summed E-state index contributed by atoms with van der Waals surface area (Å²) in [6, 6.07) is 5.69. The molecular formula is C9H8N4O2. The number of carbonyl (C=O) groups is 1. The lowest BCUT2D eigenvalue weighted by Crippen LogP contribution is -2.20. The van der Waals surface area contributed by atoms with E-state index in [-0.39, 0.29) is 5.56 Å². The second-order valence-electron chi connectivity index (χ2n) is 2.95. The Bertz CT molecular complexity index is 576. The van der Waals surface area contributed by atoms with E-state index in [9.17, 15) is 9.59 Å². The summed E-state index contributed by atoms with van der Waals surface area (Å²) in [4.78, 5) is 28.1. The van der Waals surface area contributed by atoms with Gasteiger partial charge in [0.25, 0.3) is 0 Å². The summed E-state index contributed by atoms with van der Waals surface area (Å²) in [5.74, 6) is 0.303. The molecule has 2 rings (SSSR count). The number of nitrogens with one attached hydrogen (secondary N) is 2. The highest BCUT2D eigenvalue weighted by molar-refractivity contribution is 5.88. The number of hydrogen-bond acceptors (Lipinski definition) is 3. The monoisotopic (exact) mass is 204 g/mol. The Balaban J connectivity index is 2.54. The molecule has 4 N–H and O–H groups in total. The molecule has 0 aliphatic carbocycles. The van der Waals surface area contributed by atoms with Gasteiger partial charge in [0.05, 0.1) is 0 Å². The molecule has 0 bridgehead atoms. The van der Waals surface area contributed by atoms with Gasteiger partial charge in [-0.1, -0.05) is 0 Å². The zero-order valence-corrected chi connectivity index (χ0v) is 7.65. The van der Waals surface area contributed by atoms with Crippen molar-refractivity contribution in [3.8, 4) is 0 Å². The maximum Gasteiger partial charge on any atom is 0.317 e. The van der Waals surface area contributed by atoms with Crippen LogP contribution in [0.2, 0.25) is 0 Å². The molecule has 2 amide bonds. The van der Waals surface area contributed by atoms with Crippen LogP contribution in [0.15, 0.2) is 29.1 Å². The first kappa shape index (κ1) is 9.20. The molecule has 0 aromatic carbocycles. The standard InChI is InChI=1S/C9H8N4O2/c10-9(15)12-6-3-1-5-2-4-7(14)13-8(5)11-6/h1-4H,(H4,10,11,12,13,14,15). The maximum atomic E-state index is 11.0. The summed E-state index contributed by atoms with van der Waals surface area (Å²) < 4.78 is 0. The molecule has 0 atom stereocenters. The van der Waals surface area contributed by atoms with E-state index in [0.717, 1.165) is 5.39 Å². The molecule has 0 spiro atoms. The number of aromatic amines is 1. The minimum atomic E-state index is -0.694. The van der Waals surface area contributed by atoms with Crippen LogP contribution in [-0.2, 0) is 0 Å². The van der Waals surface area contributed by atoms with Gasteiger partial charge in [0.15, 0.2) is 0 Å². The number of pyridine rings is 2. The van der Waals surface area contributed by atoms with Gasteiger partial charge in [0.1, 0.15) is 11.5 Å². The van der Waals surface area contributed by atoms with Crippen molar-refractivity contribution in [1.29, 1.82) is 0 Å². The van der Waals surface area contributed by atoms with Crippen LogP contribution in [0.1, 0.15) is 0 Å². The number of nitrogens with zero attached hydrogens (tertiary/aromatic N) is 1. The first-order chi connectivity index (χ1) is 7.15. The van der Waals surface area contributed by atoms with Crippen LogP contribution < -0.4 is 16.6 Å². The van der Waals surface area contributed by atoms with Gasteiger partial charge in [-0.3, -0.25) is 10.1 Å². The zero-order valence-electron chi connectivity index (χ0n) is 7.65. The number of aromatic nitrogens is 2. The molecule has 6 nitrogen and oxygen atoms in total. The van der Waals surface area contributed by atoms with Gasteiger partial charge in [-0.25, -0.2) is 9.78 Å². The minimum Gasteiger partial charge on any atom is -0.351 e. The lowest BCUT2D eigenvalue weighted by molar-refractivity contribution is 0.259. The van der Waals surface area contributed by atoms with E-state index >= 15 is 0 Å². The van der Waals surface area contributed by atoms with Gasteiger partial charge in [-0.05, 0) is 18.2 Å². The maximum absolute atomic E-state index is 11.0. The largest absolute Gasteiger partial charge is 0.351 e. The van der Waals surface area contributed by atoms with Crippen LogP contribution in [0.3, 0.4) is 0 Å². The Labute approximate surface area is 84.1 Å². The predicted molar refractivity (Wildman–Crippen MR) is 55.6 cm³/mol. The van der Waals surface area contributed by atoms with Crippen molar-refractivity contribution < 1.29 is 4.79 Å². The molecule has 15 heavy (non-hydrogen) atoms. The Morgan fingerprint density at radius 1 is 1.33 bits per heavy atom. The van der Waals surface area contributed by atoms with E-state index in [0.29, 0.717) is 11.5 Å². The van der Waals surface area contributed by atoms with Gasteiger partial charge < -0.3 is 10.7 Å². The van der Waals surface area contributed by atoms with Crippen LogP contribution in [0, 0.1) is 0 Å². The number of primary amides is 1. The third-order valence-electron chi connectivity index (χ3n) is 1.83. The first-order valence-corrected chi connectivity index (χ1v) is 4.22. The number of rotatable bonds is 1. The Kier molecular flexibility index (Phi) is 2.09. The molecule has 0 aliphatic rings. The number of carbonyl (C=O) groups excluding carboxylic acids is 1. The lowest BCUT2D eigenvalue weighted by Gasteiger charge is -2.01. The number of hydrogen-bond donors (Lipinski definition) is 3. The number of anilines is 1. The van der Waals surface area contributed by atoms with Crippen molar-refractivity contribution in [3.05, 3.63) is 34.6 Å². The van der Waals surface area contributed by atoms with Crippen molar-refractivity contribution >= 4 is 22.9 Å². The van der Waals surface area contributed by atoms with Crippen LogP contribution in [-0.4, -0.2) is 16.0 Å². The molecule has 2 aromatic rings. The van der Waals surface area contributed by atoms with Gasteiger partial charge in [0, 0.05) is 11.5 Å². The predicted octanol–water partition coefficient (Wildman–Crippen LogP) is 0.414. The molecule has 0 saturated heterocycles. The summed E-state index contributed by atoms with van der Waals surface area (Å²) in [5, 5.41) is 3.10. The van der Waals surface area contributed by atoms with Gasteiger partial charge in [-0.2, -0.15) is 0 Å². The van der Waals surface area contributed by atoms with Gasteiger partial charge in [0.2, 0.25) is 5.56 Å². The summed E-state index contributed by atoms with van der Waals surface area (Å²) in [5.41, 5.74) is 5.10. The fourth-order valence-corrected chi connectivity index (χ4v) is 1.22. The average molecular weight is 204 g/mol. The molecule has 0 radical (unpaired) electrons. The number of fused-ring (bicyclic) bond motifs is 1. The van der Waals surface area contributed by atoms with Crippen molar-refractivity contribution in [2.75, 3.05) is 5.32 Å². The third-order valence-corrected chi connectivity index (χ3v) is 1.83. The highest BCUT2D eigenvalue weighted by atomic mass is 16.2. The lowest BCUT2D eigenvalue weighted by atomic mass is 10.3. The van der Waals surface area contributed by atoms with Crippen LogP contribution in [0.25, 0.3) is 11.0 Å². The topological polar surface area (TPSA) is 101 Å². The van der Waals surface area contributed by atoms with E-state index in [4.69, 9.17) is 5.73 Å². The van der Waals surface area contributed by atoms with E-state index in [2.05, 4.69) is 15.3 Å². The number of urea groups is 1. The number of H-pyrrole nitrogens is 1. The third kappa shape index (κ3) is 1.93. The SMILES string of the molecule is NC(=O)Nc1ccc2ccc(=O)[nH]c2n1. The zero-order chi connectivity index (χ0) is 10.8. The molecule has 0 aliphatic heterocycles. The Hall–Kier alpha value is -2.37. The fraction of sp³-hybridized carbons (Fsp3) is 0. The van der Waals surface area contributed by atoms with Crippen LogP contribution >= 0.6 is 0 Å². The minimum absolute atomic E-state index is 0.244. The molecule has 2 heterocycles. The van der Waals surface area contributed by atoms with Crippen molar-refractivity contribution in [2.24, 2.45) is 5.73 Å². The second kappa shape index (κ2) is 3.41. The molecule has 0 fully saturated rings. The summed E-state index contributed by atoms with van der Waals surface area (Å²) >= 11 is 0. The number of nitrogens with two attached hydrogens (primary N) is 1. The normalized spacial score (nSPS) is 10.1. The van der Waals surface area contributed by atoms with E-state index < -0.39 is 6.03 Å². The molecule has 0 saturated carbocycles. The van der Waals surface area contributed by atoms with Crippen molar-refractivity contribution in [2.45, 2.75) is 0 Å². The Morgan fingerprint density at radius 3 is 2.80 bits per heavy atom. The molecule has 0 unspecified atom stereocenters. The molecule has 2 aromatic heterocycles. The van der Waals surface area contributed by atoms with Gasteiger partial charge in [-0.15, -0.1) is 0 Å². The van der Waals surface area contributed by atoms with Crippen molar-refractivity contribution in [3.63, 3.8) is 0 Å². The van der Waals surface area contributed by atoms with E-state index in [1.807, 2.05) is 0 Å². The highest BCUT2D eigenvalue weighted by Gasteiger charge is 2.00. The highest BCUT2D eigenvalue weighted by Crippen LogP contribution is 2.10. The number of amides is 2. The van der Waals surface area contributed by atoms with Crippen LogP contribution in [0.5, 0.6) is 0 Å². The van der Waals surface area contributed by atoms with Gasteiger partial charge >= 0.3 is 6.03 Å². The van der Waals surface area contributed by atoms with E-state index in [1.54, 1.807) is 18.2 Å². The molecule has 76 valence electrons. The molecular weight excluding hydrogens is 196 g/mol. The van der Waals surface area contributed by atoms with E-state index in [1.165, 1.54) is 6.07 Å². The smallest absolute Gasteiger partial charge is 0.317 e. The molecule has 6 heteroatoms. The fourth-order valence-electron chi connectivity index (χ4n) is 1.22. The average Bonchev–Trinajstić information content (AvgIpc) is 2.16.